The van der Waals surface area contributed by atoms with Gasteiger partial charge in [-0.05, 0) is 41.5 Å². The number of nitrogens with zero attached hydrogens (tertiary/aromatic N) is 4. The Hall–Kier alpha value is -2.55. The predicted octanol–water partition coefficient (Wildman–Crippen LogP) is 1.85. The second-order valence-corrected chi connectivity index (χ2v) is 7.95. The number of hydrogen-bond acceptors (Lipinski definition) is 6. The van der Waals surface area contributed by atoms with E-state index in [-0.39, 0.29) is 6.04 Å². The van der Waals surface area contributed by atoms with Crippen LogP contribution in [0.2, 0.25) is 0 Å². The summed E-state index contributed by atoms with van der Waals surface area (Å²) >= 11 is 1.36. The molecule has 2 aromatic rings. The molecule has 0 bridgehead atoms. The third-order valence-corrected chi connectivity index (χ3v) is 5.19. The highest BCUT2D eigenvalue weighted by atomic mass is 32.1. The third-order valence-electron chi connectivity index (χ3n) is 4.01. The molecule has 2 heterocycles. The molecule has 0 radical (unpaired) electrons. The molecule has 0 atom stereocenters. The van der Waals surface area contributed by atoms with E-state index < -0.39 is 17.4 Å². The molecule has 26 heavy (non-hydrogen) atoms. The van der Waals surface area contributed by atoms with Crippen LogP contribution in [0.25, 0.3) is 5.00 Å². The standard InChI is InChI=1S/C17H23N5O3S/c1-10(2)20-16(25)17(5,6)21(9-23)14(24)13-11(3)15(26-12(13)4)22-18-7-8-19-22/h7-10H,1-6H3,(H,20,25). The average molecular weight is 377 g/mol. The summed E-state index contributed by atoms with van der Waals surface area (Å²) in [5.41, 5.74) is -0.269. The Balaban J connectivity index is 2.43. The molecular formula is C17H23N5O3S. The summed E-state index contributed by atoms with van der Waals surface area (Å²) in [5.74, 6) is -0.916. The maximum atomic E-state index is 13.1. The fourth-order valence-corrected chi connectivity index (χ4v) is 3.63. The lowest BCUT2D eigenvalue weighted by Gasteiger charge is -2.33. The number of imide groups is 1. The molecule has 0 saturated carbocycles. The SMILES string of the molecule is Cc1sc(-n2nccn2)c(C)c1C(=O)N(C=O)C(C)(C)C(=O)NC(C)C. The number of carbonyl (C=O) groups excluding carboxylic acids is 3. The lowest BCUT2D eigenvalue weighted by atomic mass is 9.99. The molecule has 0 aromatic carbocycles. The lowest BCUT2D eigenvalue weighted by Crippen LogP contribution is -2.57. The monoisotopic (exact) mass is 377 g/mol. The van der Waals surface area contributed by atoms with Crippen molar-refractivity contribution in [2.75, 3.05) is 0 Å². The molecule has 0 aliphatic carbocycles. The van der Waals surface area contributed by atoms with E-state index in [9.17, 15) is 14.4 Å². The van der Waals surface area contributed by atoms with Crippen LogP contribution in [0.1, 0.15) is 48.5 Å². The quantitative estimate of drug-likeness (QED) is 0.775. The number of rotatable bonds is 6. The van der Waals surface area contributed by atoms with E-state index in [2.05, 4.69) is 15.5 Å². The first-order valence-electron chi connectivity index (χ1n) is 8.17. The summed E-state index contributed by atoms with van der Waals surface area (Å²) in [4.78, 5) is 40.4. The van der Waals surface area contributed by atoms with Gasteiger partial charge in [-0.3, -0.25) is 19.3 Å². The molecule has 3 amide bonds. The zero-order chi connectivity index (χ0) is 19.6. The van der Waals surface area contributed by atoms with Crippen molar-refractivity contribution in [1.29, 1.82) is 0 Å². The van der Waals surface area contributed by atoms with Crippen molar-refractivity contribution < 1.29 is 14.4 Å². The van der Waals surface area contributed by atoms with Crippen molar-refractivity contribution in [2.45, 2.75) is 53.1 Å². The highest BCUT2D eigenvalue weighted by molar-refractivity contribution is 7.15. The average Bonchev–Trinajstić information content (AvgIpc) is 3.15. The molecule has 0 unspecified atom stereocenters. The molecule has 0 fully saturated rings. The number of aryl methyl sites for hydroxylation is 1. The number of thiophene rings is 1. The van der Waals surface area contributed by atoms with Crippen LogP contribution in [0.15, 0.2) is 12.4 Å². The van der Waals surface area contributed by atoms with Crippen LogP contribution in [0.5, 0.6) is 0 Å². The van der Waals surface area contributed by atoms with Gasteiger partial charge in [0.1, 0.15) is 10.5 Å². The molecule has 1 N–H and O–H groups in total. The fourth-order valence-electron chi connectivity index (χ4n) is 2.57. The van der Waals surface area contributed by atoms with E-state index >= 15 is 0 Å². The van der Waals surface area contributed by atoms with Gasteiger partial charge in [0.15, 0.2) is 0 Å². The number of carbonyl (C=O) groups is 3. The number of amides is 3. The van der Waals surface area contributed by atoms with Crippen molar-refractivity contribution in [3.05, 3.63) is 28.4 Å². The molecule has 0 aliphatic heterocycles. The summed E-state index contributed by atoms with van der Waals surface area (Å²) in [6.07, 6.45) is 3.50. The van der Waals surface area contributed by atoms with Crippen LogP contribution in [0, 0.1) is 13.8 Å². The predicted molar refractivity (Wildman–Crippen MR) is 98.3 cm³/mol. The molecule has 0 aliphatic rings. The Labute approximate surface area is 156 Å². The second kappa shape index (κ2) is 7.36. The highest BCUT2D eigenvalue weighted by Gasteiger charge is 2.40. The topological polar surface area (TPSA) is 97.2 Å². The summed E-state index contributed by atoms with van der Waals surface area (Å²) in [6, 6.07) is -0.104. The largest absolute Gasteiger partial charge is 0.352 e. The van der Waals surface area contributed by atoms with E-state index in [4.69, 9.17) is 0 Å². The van der Waals surface area contributed by atoms with E-state index in [1.807, 2.05) is 13.8 Å². The van der Waals surface area contributed by atoms with Gasteiger partial charge in [-0.25, -0.2) is 0 Å². The van der Waals surface area contributed by atoms with Crippen molar-refractivity contribution >= 4 is 29.6 Å². The molecule has 8 nitrogen and oxygen atoms in total. The zero-order valence-electron chi connectivity index (χ0n) is 15.7. The van der Waals surface area contributed by atoms with E-state index in [0.717, 1.165) is 9.78 Å². The second-order valence-electron chi connectivity index (χ2n) is 6.75. The summed E-state index contributed by atoms with van der Waals surface area (Å²) in [6.45, 7) is 10.3. The molecule has 2 rings (SSSR count). The Kier molecular flexibility index (Phi) is 5.60. The van der Waals surface area contributed by atoms with E-state index in [1.54, 1.807) is 40.1 Å². The van der Waals surface area contributed by atoms with Gasteiger partial charge in [0.25, 0.3) is 5.91 Å². The first-order valence-corrected chi connectivity index (χ1v) is 8.99. The molecule has 9 heteroatoms. The van der Waals surface area contributed by atoms with Crippen LogP contribution in [-0.2, 0) is 9.59 Å². The first kappa shape index (κ1) is 19.8. The lowest BCUT2D eigenvalue weighted by molar-refractivity contribution is -0.136. The highest BCUT2D eigenvalue weighted by Crippen LogP contribution is 2.32. The number of hydrogen-bond donors (Lipinski definition) is 1. The Bertz CT molecular complexity index is 824. The van der Waals surface area contributed by atoms with Gasteiger partial charge in [0.05, 0.1) is 18.0 Å². The molecular weight excluding hydrogens is 354 g/mol. The summed E-state index contributed by atoms with van der Waals surface area (Å²) in [7, 11) is 0. The van der Waals surface area contributed by atoms with E-state index in [0.29, 0.717) is 22.5 Å². The van der Waals surface area contributed by atoms with Crippen molar-refractivity contribution in [2.24, 2.45) is 0 Å². The normalized spacial score (nSPS) is 11.5. The zero-order valence-corrected chi connectivity index (χ0v) is 16.5. The molecule has 2 aromatic heterocycles. The molecule has 0 saturated heterocycles. The van der Waals surface area contributed by atoms with Gasteiger partial charge in [-0.15, -0.1) is 16.1 Å². The maximum Gasteiger partial charge on any atom is 0.262 e. The summed E-state index contributed by atoms with van der Waals surface area (Å²) in [5, 5.41) is 11.6. The maximum absolute atomic E-state index is 13.1. The van der Waals surface area contributed by atoms with Gasteiger partial charge in [0, 0.05) is 16.5 Å². The van der Waals surface area contributed by atoms with Gasteiger partial charge in [0.2, 0.25) is 12.3 Å². The fraction of sp³-hybridized carbons (Fsp3) is 0.471. The van der Waals surface area contributed by atoms with Gasteiger partial charge in [-0.2, -0.15) is 10.2 Å². The minimum Gasteiger partial charge on any atom is -0.352 e. The minimum atomic E-state index is -1.33. The van der Waals surface area contributed by atoms with Crippen molar-refractivity contribution in [3.63, 3.8) is 0 Å². The van der Waals surface area contributed by atoms with Crippen LogP contribution in [0.3, 0.4) is 0 Å². The Morgan fingerprint density at radius 1 is 1.27 bits per heavy atom. The van der Waals surface area contributed by atoms with Crippen LogP contribution >= 0.6 is 11.3 Å². The minimum absolute atomic E-state index is 0.104. The van der Waals surface area contributed by atoms with Crippen molar-refractivity contribution in [3.8, 4) is 5.00 Å². The van der Waals surface area contributed by atoms with Crippen LogP contribution in [0.4, 0.5) is 0 Å². The van der Waals surface area contributed by atoms with Crippen molar-refractivity contribution in [1.82, 2.24) is 25.2 Å². The molecule has 140 valence electrons. The molecule has 0 spiro atoms. The number of aromatic nitrogens is 3. The third kappa shape index (κ3) is 3.52. The van der Waals surface area contributed by atoms with Crippen LogP contribution in [-0.4, -0.2) is 49.7 Å². The van der Waals surface area contributed by atoms with E-state index in [1.165, 1.54) is 16.1 Å². The van der Waals surface area contributed by atoms with Crippen LogP contribution < -0.4 is 5.32 Å². The van der Waals surface area contributed by atoms with Gasteiger partial charge < -0.3 is 5.32 Å². The van der Waals surface area contributed by atoms with Gasteiger partial charge in [-0.1, -0.05) is 0 Å². The summed E-state index contributed by atoms with van der Waals surface area (Å²) < 4.78 is 0. The van der Waals surface area contributed by atoms with Gasteiger partial charge >= 0.3 is 0 Å². The smallest absolute Gasteiger partial charge is 0.262 e. The Morgan fingerprint density at radius 2 is 1.85 bits per heavy atom. The Morgan fingerprint density at radius 3 is 2.35 bits per heavy atom. The number of nitrogens with one attached hydrogen (secondary N) is 1. The first-order chi connectivity index (χ1) is 12.1.